The van der Waals surface area contributed by atoms with Crippen molar-refractivity contribution < 1.29 is 14.3 Å². The molecule has 4 rings (SSSR count). The summed E-state index contributed by atoms with van der Waals surface area (Å²) in [6.07, 6.45) is 3.56. The molecule has 2 aromatic rings. The SMILES string of the molecule is CNc1nc(C2CCCN2C(=O)CCc2ccccc2OC)nc2c1CCN(C(C)=O)C2. The smallest absolute Gasteiger partial charge is 0.223 e. The largest absolute Gasteiger partial charge is 0.496 e. The highest BCUT2D eigenvalue weighted by Gasteiger charge is 2.33. The van der Waals surface area contributed by atoms with Gasteiger partial charge in [-0.15, -0.1) is 0 Å². The number of nitrogens with zero attached hydrogens (tertiary/aromatic N) is 4. The van der Waals surface area contributed by atoms with Gasteiger partial charge in [-0.2, -0.15) is 0 Å². The molecule has 1 atom stereocenters. The van der Waals surface area contributed by atoms with Crippen molar-refractivity contribution in [1.82, 2.24) is 19.8 Å². The van der Waals surface area contributed by atoms with E-state index in [-0.39, 0.29) is 17.9 Å². The fourth-order valence-corrected chi connectivity index (χ4v) is 4.70. The van der Waals surface area contributed by atoms with Crippen molar-refractivity contribution in [2.45, 2.75) is 51.6 Å². The van der Waals surface area contributed by atoms with Crippen molar-refractivity contribution in [2.24, 2.45) is 0 Å². The average Bonchev–Trinajstić information content (AvgIpc) is 3.31. The number of methoxy groups -OCH3 is 1. The molecule has 1 fully saturated rings. The zero-order valence-electron chi connectivity index (χ0n) is 19.1. The number of rotatable bonds is 6. The van der Waals surface area contributed by atoms with Crippen LogP contribution in [0.5, 0.6) is 5.75 Å². The minimum absolute atomic E-state index is 0.0517. The highest BCUT2D eigenvalue weighted by atomic mass is 16.5. The molecule has 2 aliphatic rings. The van der Waals surface area contributed by atoms with E-state index < -0.39 is 0 Å². The fraction of sp³-hybridized carbons (Fsp3) is 0.500. The Morgan fingerprint density at radius 3 is 2.78 bits per heavy atom. The number of ether oxygens (including phenoxy) is 1. The lowest BCUT2D eigenvalue weighted by atomic mass is 10.0. The van der Waals surface area contributed by atoms with Crippen molar-refractivity contribution in [3.8, 4) is 5.75 Å². The fourth-order valence-electron chi connectivity index (χ4n) is 4.70. The highest BCUT2D eigenvalue weighted by molar-refractivity contribution is 5.77. The summed E-state index contributed by atoms with van der Waals surface area (Å²) in [6.45, 7) is 3.47. The molecule has 2 aliphatic heterocycles. The summed E-state index contributed by atoms with van der Waals surface area (Å²) in [5.41, 5.74) is 2.99. The minimum atomic E-state index is -0.134. The van der Waals surface area contributed by atoms with E-state index >= 15 is 0 Å². The van der Waals surface area contributed by atoms with Crippen molar-refractivity contribution in [3.05, 3.63) is 46.9 Å². The highest BCUT2D eigenvalue weighted by Crippen LogP contribution is 2.34. The second-order valence-corrected chi connectivity index (χ2v) is 8.35. The van der Waals surface area contributed by atoms with E-state index in [0.29, 0.717) is 38.3 Å². The quantitative estimate of drug-likeness (QED) is 0.748. The summed E-state index contributed by atoms with van der Waals surface area (Å²) < 4.78 is 5.42. The Kier molecular flexibility index (Phi) is 6.58. The van der Waals surface area contributed by atoms with Gasteiger partial charge in [-0.05, 0) is 37.3 Å². The number of aryl methyl sites for hydroxylation is 1. The van der Waals surface area contributed by atoms with E-state index in [4.69, 9.17) is 14.7 Å². The Bertz CT molecular complexity index is 1010. The van der Waals surface area contributed by atoms with Crippen molar-refractivity contribution in [2.75, 3.05) is 32.6 Å². The molecule has 1 N–H and O–H groups in total. The molecule has 0 bridgehead atoms. The number of benzene rings is 1. The first kappa shape index (κ1) is 22.0. The zero-order valence-corrected chi connectivity index (χ0v) is 19.1. The van der Waals surface area contributed by atoms with Gasteiger partial charge in [-0.3, -0.25) is 9.59 Å². The Morgan fingerprint density at radius 2 is 2.03 bits per heavy atom. The summed E-state index contributed by atoms with van der Waals surface area (Å²) in [5.74, 6) is 2.44. The van der Waals surface area contributed by atoms with E-state index in [0.717, 1.165) is 47.7 Å². The van der Waals surface area contributed by atoms with Crippen LogP contribution in [0.15, 0.2) is 24.3 Å². The Labute approximate surface area is 189 Å². The second-order valence-electron chi connectivity index (χ2n) is 8.35. The van der Waals surface area contributed by atoms with Crippen LogP contribution in [0.1, 0.15) is 54.9 Å². The van der Waals surface area contributed by atoms with Crippen LogP contribution in [0.25, 0.3) is 0 Å². The second kappa shape index (κ2) is 9.54. The van der Waals surface area contributed by atoms with Crippen LogP contribution in [0, 0.1) is 0 Å². The van der Waals surface area contributed by atoms with E-state index in [1.165, 1.54) is 0 Å². The maximum absolute atomic E-state index is 13.1. The van der Waals surface area contributed by atoms with Gasteiger partial charge in [0, 0.05) is 39.0 Å². The van der Waals surface area contributed by atoms with E-state index in [2.05, 4.69) is 5.32 Å². The summed E-state index contributed by atoms with van der Waals surface area (Å²) >= 11 is 0. The number of nitrogens with one attached hydrogen (secondary N) is 1. The van der Waals surface area contributed by atoms with Crippen LogP contribution in [-0.4, -0.2) is 58.8 Å². The monoisotopic (exact) mass is 437 g/mol. The van der Waals surface area contributed by atoms with Crippen LogP contribution >= 0.6 is 0 Å². The molecule has 8 heteroatoms. The number of aromatic nitrogens is 2. The average molecular weight is 438 g/mol. The Balaban J connectivity index is 1.53. The normalized spacial score (nSPS) is 17.8. The van der Waals surface area contributed by atoms with E-state index in [1.807, 2.05) is 41.1 Å². The first-order valence-corrected chi connectivity index (χ1v) is 11.3. The molecule has 8 nitrogen and oxygen atoms in total. The van der Waals surface area contributed by atoms with Gasteiger partial charge in [0.2, 0.25) is 11.8 Å². The lowest BCUT2D eigenvalue weighted by Crippen LogP contribution is -2.36. The molecule has 3 heterocycles. The van der Waals surface area contributed by atoms with Gasteiger partial charge in [-0.25, -0.2) is 9.97 Å². The molecule has 0 aliphatic carbocycles. The molecular formula is C24H31N5O3. The van der Waals surface area contributed by atoms with E-state index in [9.17, 15) is 9.59 Å². The van der Waals surface area contributed by atoms with Crippen molar-refractivity contribution in [1.29, 1.82) is 0 Å². The van der Waals surface area contributed by atoms with Crippen LogP contribution in [0.2, 0.25) is 0 Å². The topological polar surface area (TPSA) is 87.7 Å². The van der Waals surface area contributed by atoms with Crippen LogP contribution in [0.3, 0.4) is 0 Å². The number of likely N-dealkylation sites (tertiary alicyclic amines) is 1. The first-order chi connectivity index (χ1) is 15.5. The number of carbonyl (C=O) groups excluding carboxylic acids is 2. The standard InChI is InChI=1S/C24H31N5O3/c1-16(30)28-14-12-18-19(15-28)26-24(27-23(18)25-2)20-8-6-13-29(20)22(31)11-10-17-7-4-5-9-21(17)32-3/h4-5,7,9,20H,6,8,10-15H2,1-3H3,(H,25,26,27). The molecule has 0 saturated carbocycles. The van der Waals surface area contributed by atoms with Gasteiger partial charge in [0.25, 0.3) is 0 Å². The Hall–Kier alpha value is -3.16. The molecule has 170 valence electrons. The molecule has 0 radical (unpaired) electrons. The first-order valence-electron chi connectivity index (χ1n) is 11.3. The number of amides is 2. The number of anilines is 1. The number of hydrogen-bond acceptors (Lipinski definition) is 6. The van der Waals surface area contributed by atoms with Gasteiger partial charge < -0.3 is 19.9 Å². The lowest BCUT2D eigenvalue weighted by molar-refractivity contribution is -0.132. The maximum Gasteiger partial charge on any atom is 0.223 e. The predicted octanol–water partition coefficient (Wildman–Crippen LogP) is 2.73. The molecule has 1 saturated heterocycles. The third-order valence-electron chi connectivity index (χ3n) is 6.44. The Morgan fingerprint density at radius 1 is 1.22 bits per heavy atom. The number of carbonyl (C=O) groups is 2. The lowest BCUT2D eigenvalue weighted by Gasteiger charge is -2.30. The summed E-state index contributed by atoms with van der Waals surface area (Å²) in [5, 5.41) is 3.19. The number of hydrogen-bond donors (Lipinski definition) is 1. The van der Waals surface area contributed by atoms with Gasteiger partial charge >= 0.3 is 0 Å². The molecule has 0 spiro atoms. The minimum Gasteiger partial charge on any atom is -0.496 e. The summed E-state index contributed by atoms with van der Waals surface area (Å²) in [4.78, 5) is 38.4. The third-order valence-corrected chi connectivity index (χ3v) is 6.44. The number of fused-ring (bicyclic) bond motifs is 1. The zero-order chi connectivity index (χ0) is 22.7. The van der Waals surface area contributed by atoms with Crippen LogP contribution in [0.4, 0.5) is 5.82 Å². The maximum atomic E-state index is 13.1. The molecule has 2 amide bonds. The molecular weight excluding hydrogens is 406 g/mol. The summed E-state index contributed by atoms with van der Waals surface area (Å²) in [6, 6.07) is 7.68. The van der Waals surface area contributed by atoms with Gasteiger partial charge in [0.15, 0.2) is 5.82 Å². The molecule has 1 unspecified atom stereocenters. The van der Waals surface area contributed by atoms with Crippen LogP contribution < -0.4 is 10.1 Å². The molecule has 1 aromatic heterocycles. The van der Waals surface area contributed by atoms with E-state index in [1.54, 1.807) is 14.0 Å². The third kappa shape index (κ3) is 4.40. The number of para-hydroxylation sites is 1. The van der Waals surface area contributed by atoms with Gasteiger partial charge in [0.05, 0.1) is 25.4 Å². The van der Waals surface area contributed by atoms with Gasteiger partial charge in [-0.1, -0.05) is 18.2 Å². The van der Waals surface area contributed by atoms with Crippen LogP contribution in [-0.2, 0) is 29.0 Å². The van der Waals surface area contributed by atoms with Gasteiger partial charge in [0.1, 0.15) is 11.6 Å². The molecule has 1 aromatic carbocycles. The molecule has 32 heavy (non-hydrogen) atoms. The van der Waals surface area contributed by atoms with Crippen molar-refractivity contribution >= 4 is 17.6 Å². The predicted molar refractivity (Wildman–Crippen MR) is 121 cm³/mol. The van der Waals surface area contributed by atoms with Crippen molar-refractivity contribution in [3.63, 3.8) is 0 Å². The summed E-state index contributed by atoms with van der Waals surface area (Å²) in [7, 11) is 3.51.